The molecule has 0 spiro atoms. The molecule has 1 aromatic carbocycles. The Labute approximate surface area is 197 Å². The normalized spacial score (nSPS) is 19.5. The average molecular weight is 446 g/mol. The molecule has 0 aliphatic heterocycles. The van der Waals surface area contributed by atoms with Crippen molar-refractivity contribution in [2.24, 2.45) is 4.99 Å². The highest BCUT2D eigenvalue weighted by Gasteiger charge is 2.22. The van der Waals surface area contributed by atoms with Crippen molar-refractivity contribution in [1.29, 1.82) is 0 Å². The third-order valence-electron chi connectivity index (χ3n) is 5.74. The van der Waals surface area contributed by atoms with Crippen molar-refractivity contribution in [2.45, 2.75) is 44.8 Å². The molecule has 1 saturated carbocycles. The molecule has 0 saturated heterocycles. The topological polar surface area (TPSA) is 73.6 Å². The lowest BCUT2D eigenvalue weighted by atomic mass is 9.93. The number of nitrogens with one attached hydrogen (secondary N) is 1. The second-order valence-corrected chi connectivity index (χ2v) is 8.58. The Morgan fingerprint density at radius 2 is 2.09 bits per heavy atom. The first-order valence-electron chi connectivity index (χ1n) is 11.5. The number of aliphatic hydroxyl groups is 1. The van der Waals surface area contributed by atoms with Gasteiger partial charge in [0.15, 0.2) is 5.82 Å². The minimum atomic E-state index is -0.267. The van der Waals surface area contributed by atoms with Gasteiger partial charge in [-0.05, 0) is 49.8 Å². The van der Waals surface area contributed by atoms with E-state index in [1.54, 1.807) is 7.05 Å². The number of benzene rings is 1. The van der Waals surface area contributed by atoms with Crippen LogP contribution in [0.2, 0.25) is 0 Å². The lowest BCUT2D eigenvalue weighted by molar-refractivity contribution is 0.124. The molecule has 2 N–H and O–H groups in total. The Bertz CT molecular complexity index is 1050. The van der Waals surface area contributed by atoms with Gasteiger partial charge in [-0.15, -0.1) is 0 Å². The number of aliphatic hydroxyl groups excluding tert-OH is 1. The highest BCUT2D eigenvalue weighted by molar-refractivity contribution is 6.11. The van der Waals surface area contributed by atoms with E-state index < -0.39 is 0 Å². The maximum absolute atomic E-state index is 10.1. The lowest BCUT2D eigenvalue weighted by Crippen LogP contribution is -2.30. The van der Waals surface area contributed by atoms with Crippen molar-refractivity contribution in [1.82, 2.24) is 14.9 Å². The molecule has 1 heterocycles. The van der Waals surface area contributed by atoms with E-state index in [2.05, 4.69) is 29.0 Å². The fourth-order valence-corrected chi connectivity index (χ4v) is 4.13. The van der Waals surface area contributed by atoms with E-state index in [9.17, 15) is 5.11 Å². The Kier molecular flexibility index (Phi) is 8.55. The summed E-state index contributed by atoms with van der Waals surface area (Å²) in [6.07, 6.45) is 12.9. The van der Waals surface area contributed by atoms with Gasteiger partial charge in [0.25, 0.3) is 0 Å². The fourth-order valence-electron chi connectivity index (χ4n) is 4.13. The van der Waals surface area contributed by atoms with E-state index in [1.807, 2.05) is 68.8 Å². The van der Waals surface area contributed by atoms with Crippen LogP contribution in [0.5, 0.6) is 0 Å². The molecular weight excluding hydrogens is 410 g/mol. The zero-order chi connectivity index (χ0) is 23.8. The molecule has 0 amide bonds. The van der Waals surface area contributed by atoms with Gasteiger partial charge < -0.3 is 15.3 Å². The summed E-state index contributed by atoms with van der Waals surface area (Å²) in [6, 6.07) is 8.36. The maximum atomic E-state index is 10.1. The standard InChI is InChI=1S/C27H35N5O/c1-6-19(16-28-3)25-17-29-26(31-27(25)30-23-12-9-13-24(33)15-23)22-11-8-10-21(14-22)20(7-2)18-32(4)5/h6-8,10-11,14,16-18,23-24,33H,2,9,12-13,15H2,1,3-5H3,(H,29,30,31)/b19-6+,20-18+,28-16-. The molecule has 33 heavy (non-hydrogen) atoms. The number of hydrogen-bond donors (Lipinski definition) is 2. The largest absolute Gasteiger partial charge is 0.393 e. The van der Waals surface area contributed by atoms with Crippen LogP contribution in [-0.4, -0.2) is 59.5 Å². The van der Waals surface area contributed by atoms with Crippen LogP contribution in [0.1, 0.15) is 43.7 Å². The smallest absolute Gasteiger partial charge is 0.161 e. The lowest BCUT2D eigenvalue weighted by Gasteiger charge is -2.28. The van der Waals surface area contributed by atoms with Crippen LogP contribution in [0, 0.1) is 0 Å². The van der Waals surface area contributed by atoms with Gasteiger partial charge in [-0.2, -0.15) is 0 Å². The predicted molar refractivity (Wildman–Crippen MR) is 139 cm³/mol. The van der Waals surface area contributed by atoms with Gasteiger partial charge in [0, 0.05) is 62.5 Å². The molecule has 174 valence electrons. The van der Waals surface area contributed by atoms with Crippen molar-refractivity contribution in [3.8, 4) is 11.4 Å². The Morgan fingerprint density at radius 3 is 2.76 bits per heavy atom. The zero-order valence-corrected chi connectivity index (χ0v) is 20.1. The van der Waals surface area contributed by atoms with Gasteiger partial charge in [0.1, 0.15) is 5.82 Å². The molecule has 2 unspecified atom stereocenters. The van der Waals surface area contributed by atoms with Crippen molar-refractivity contribution in [3.63, 3.8) is 0 Å². The second kappa shape index (κ2) is 11.6. The molecule has 1 aliphatic rings. The van der Waals surface area contributed by atoms with E-state index in [-0.39, 0.29) is 12.1 Å². The number of nitrogens with zero attached hydrogens (tertiary/aromatic N) is 4. The monoisotopic (exact) mass is 445 g/mol. The van der Waals surface area contributed by atoms with Gasteiger partial charge in [-0.1, -0.05) is 36.9 Å². The summed E-state index contributed by atoms with van der Waals surface area (Å²) < 4.78 is 0. The molecule has 1 aromatic heterocycles. The number of aromatic nitrogens is 2. The molecular formula is C27H35N5O. The first-order valence-corrected chi connectivity index (χ1v) is 11.5. The van der Waals surface area contributed by atoms with E-state index >= 15 is 0 Å². The average Bonchev–Trinajstić information content (AvgIpc) is 2.81. The third kappa shape index (κ3) is 6.39. The van der Waals surface area contributed by atoms with E-state index in [0.29, 0.717) is 5.82 Å². The summed E-state index contributed by atoms with van der Waals surface area (Å²) in [7, 11) is 5.74. The quantitative estimate of drug-likeness (QED) is 0.439. The number of rotatable bonds is 8. The fraction of sp³-hybridized carbons (Fsp3) is 0.370. The maximum Gasteiger partial charge on any atom is 0.161 e. The van der Waals surface area contributed by atoms with Gasteiger partial charge in [0.05, 0.1) is 6.10 Å². The van der Waals surface area contributed by atoms with Gasteiger partial charge in [-0.25, -0.2) is 9.97 Å². The summed E-state index contributed by atoms with van der Waals surface area (Å²) >= 11 is 0. The molecule has 6 heteroatoms. The molecule has 0 bridgehead atoms. The summed E-state index contributed by atoms with van der Waals surface area (Å²) in [6.45, 7) is 5.94. The SMILES string of the molecule is C=C/C(=C\N(C)C)c1cccc(-c2ncc(C(/C=N\C)=C/C)c(NC3CCCC(O)C3)n2)c1. The Hall–Kier alpha value is -3.25. The minimum Gasteiger partial charge on any atom is -0.393 e. The van der Waals surface area contributed by atoms with E-state index in [4.69, 9.17) is 9.97 Å². The van der Waals surface area contributed by atoms with Crippen LogP contribution in [0.4, 0.5) is 5.82 Å². The van der Waals surface area contributed by atoms with Crippen LogP contribution in [0.3, 0.4) is 0 Å². The van der Waals surface area contributed by atoms with Crippen molar-refractivity contribution in [3.05, 3.63) is 66.5 Å². The van der Waals surface area contributed by atoms with Crippen LogP contribution in [-0.2, 0) is 0 Å². The highest BCUT2D eigenvalue weighted by atomic mass is 16.3. The van der Waals surface area contributed by atoms with Crippen LogP contribution in [0.25, 0.3) is 22.5 Å². The predicted octanol–water partition coefficient (Wildman–Crippen LogP) is 5.05. The molecule has 2 aromatic rings. The molecule has 6 nitrogen and oxygen atoms in total. The minimum absolute atomic E-state index is 0.175. The summed E-state index contributed by atoms with van der Waals surface area (Å²) in [5.74, 6) is 1.42. The first kappa shape index (κ1) is 24.4. The van der Waals surface area contributed by atoms with Crippen LogP contribution < -0.4 is 5.32 Å². The number of aliphatic imine (C=N–C) groups is 1. The Balaban J connectivity index is 2.03. The van der Waals surface area contributed by atoms with Crippen LogP contribution in [0.15, 0.2) is 60.4 Å². The second-order valence-electron chi connectivity index (χ2n) is 8.58. The van der Waals surface area contributed by atoms with E-state index in [1.165, 1.54) is 0 Å². The van der Waals surface area contributed by atoms with E-state index in [0.717, 1.165) is 59.3 Å². The first-order chi connectivity index (χ1) is 15.9. The van der Waals surface area contributed by atoms with Gasteiger partial charge >= 0.3 is 0 Å². The zero-order valence-electron chi connectivity index (χ0n) is 20.1. The number of hydrogen-bond acceptors (Lipinski definition) is 6. The summed E-state index contributed by atoms with van der Waals surface area (Å²) in [5.41, 5.74) is 4.88. The molecule has 2 atom stereocenters. The summed E-state index contributed by atoms with van der Waals surface area (Å²) in [4.78, 5) is 15.8. The van der Waals surface area contributed by atoms with Gasteiger partial charge in [0.2, 0.25) is 0 Å². The van der Waals surface area contributed by atoms with Crippen molar-refractivity contribution < 1.29 is 5.11 Å². The molecule has 1 aliphatic carbocycles. The number of allylic oxidation sites excluding steroid dienone is 4. The van der Waals surface area contributed by atoms with Crippen LogP contribution >= 0.6 is 0 Å². The Morgan fingerprint density at radius 1 is 1.27 bits per heavy atom. The van der Waals surface area contributed by atoms with Crippen molar-refractivity contribution in [2.75, 3.05) is 26.5 Å². The number of anilines is 1. The highest BCUT2D eigenvalue weighted by Crippen LogP contribution is 2.29. The summed E-state index contributed by atoms with van der Waals surface area (Å²) in [5, 5.41) is 13.7. The molecule has 3 rings (SSSR count). The van der Waals surface area contributed by atoms with Crippen molar-refractivity contribution >= 4 is 23.2 Å². The third-order valence-corrected chi connectivity index (χ3v) is 5.74. The molecule has 0 radical (unpaired) electrons. The van der Waals surface area contributed by atoms with Gasteiger partial charge in [-0.3, -0.25) is 4.99 Å². The molecule has 1 fully saturated rings.